The number of nitrogens with zero attached hydrogens (tertiary/aromatic N) is 3. The van der Waals surface area contributed by atoms with Crippen molar-refractivity contribution in [3.05, 3.63) is 30.4 Å². The summed E-state index contributed by atoms with van der Waals surface area (Å²) in [5, 5.41) is 0. The minimum absolute atomic E-state index is 0.230. The molecule has 2 aromatic heterocycles. The van der Waals surface area contributed by atoms with E-state index in [4.69, 9.17) is 5.73 Å². The van der Waals surface area contributed by atoms with Gasteiger partial charge in [0.25, 0.3) is 5.91 Å². The van der Waals surface area contributed by atoms with E-state index < -0.39 is 5.91 Å². The summed E-state index contributed by atoms with van der Waals surface area (Å²) in [6, 6.07) is 1.55. The van der Waals surface area contributed by atoms with Gasteiger partial charge in [-0.15, -0.1) is 0 Å². The Balaban J connectivity index is 2.68. The molecule has 2 N–H and O–H groups in total. The number of amides is 1. The summed E-state index contributed by atoms with van der Waals surface area (Å²) < 4.78 is 1.70. The topological polar surface area (TPSA) is 73.3 Å². The number of carbonyl (C=O) groups excluding carboxylic acids is 1. The third-order valence-electron chi connectivity index (χ3n) is 1.51. The summed E-state index contributed by atoms with van der Waals surface area (Å²) in [7, 11) is 0. The van der Waals surface area contributed by atoms with E-state index in [9.17, 15) is 4.79 Å². The maximum atomic E-state index is 10.7. The minimum atomic E-state index is -0.541. The highest BCUT2D eigenvalue weighted by Crippen LogP contribution is 1.98. The molecule has 60 valence electrons. The molecule has 0 spiro atoms. The molecule has 2 rings (SSSR count). The summed E-state index contributed by atoms with van der Waals surface area (Å²) in [4.78, 5) is 18.5. The standard InChI is InChI=1S/C7H6N4O/c8-6(12)5-1-3-11-4-2-9-7(11)10-5/h1-4H,(H2,8,12). The molecule has 0 bridgehead atoms. The second-order valence-electron chi connectivity index (χ2n) is 2.31. The van der Waals surface area contributed by atoms with Gasteiger partial charge in [0.1, 0.15) is 5.69 Å². The predicted octanol–water partition coefficient (Wildman–Crippen LogP) is -0.172. The van der Waals surface area contributed by atoms with Crippen molar-refractivity contribution in [2.75, 3.05) is 0 Å². The summed E-state index contributed by atoms with van der Waals surface area (Å²) in [6.07, 6.45) is 5.04. The summed E-state index contributed by atoms with van der Waals surface area (Å²) >= 11 is 0. The molecule has 0 aliphatic rings. The highest BCUT2D eigenvalue weighted by Gasteiger charge is 2.02. The van der Waals surface area contributed by atoms with Gasteiger partial charge in [-0.1, -0.05) is 0 Å². The first kappa shape index (κ1) is 6.78. The number of nitrogens with two attached hydrogens (primary N) is 1. The van der Waals surface area contributed by atoms with Crippen molar-refractivity contribution in [1.29, 1.82) is 0 Å². The SMILES string of the molecule is NC(=O)c1ccn2ccnc2n1. The molecule has 12 heavy (non-hydrogen) atoms. The van der Waals surface area contributed by atoms with Crippen LogP contribution in [0.15, 0.2) is 24.7 Å². The quantitative estimate of drug-likeness (QED) is 0.632. The fourth-order valence-electron chi connectivity index (χ4n) is 0.941. The lowest BCUT2D eigenvalue weighted by Crippen LogP contribution is -2.13. The first-order valence-corrected chi connectivity index (χ1v) is 3.37. The van der Waals surface area contributed by atoms with E-state index in [2.05, 4.69) is 9.97 Å². The monoisotopic (exact) mass is 162 g/mol. The highest BCUT2D eigenvalue weighted by molar-refractivity contribution is 5.90. The predicted molar refractivity (Wildman–Crippen MR) is 41.5 cm³/mol. The molecule has 5 nitrogen and oxygen atoms in total. The Labute approximate surface area is 67.9 Å². The van der Waals surface area contributed by atoms with E-state index in [0.717, 1.165) is 0 Å². The van der Waals surface area contributed by atoms with Crippen molar-refractivity contribution < 1.29 is 4.79 Å². The minimum Gasteiger partial charge on any atom is -0.364 e. The Morgan fingerprint density at radius 3 is 3.08 bits per heavy atom. The number of hydrogen-bond donors (Lipinski definition) is 1. The van der Waals surface area contributed by atoms with Crippen molar-refractivity contribution in [1.82, 2.24) is 14.4 Å². The number of rotatable bonds is 1. The Morgan fingerprint density at radius 1 is 1.50 bits per heavy atom. The van der Waals surface area contributed by atoms with Crippen molar-refractivity contribution >= 4 is 11.7 Å². The zero-order valence-corrected chi connectivity index (χ0v) is 6.14. The van der Waals surface area contributed by atoms with Gasteiger partial charge in [0, 0.05) is 18.6 Å². The number of carbonyl (C=O) groups is 1. The van der Waals surface area contributed by atoms with Crippen LogP contribution in [0.5, 0.6) is 0 Å². The van der Waals surface area contributed by atoms with Crippen LogP contribution in [0.2, 0.25) is 0 Å². The molecule has 0 unspecified atom stereocenters. The van der Waals surface area contributed by atoms with Gasteiger partial charge >= 0.3 is 0 Å². The van der Waals surface area contributed by atoms with Gasteiger partial charge in [-0.2, -0.15) is 0 Å². The first-order chi connectivity index (χ1) is 5.77. The largest absolute Gasteiger partial charge is 0.364 e. The Hall–Kier alpha value is -1.91. The van der Waals surface area contributed by atoms with Gasteiger partial charge < -0.3 is 5.73 Å². The lowest BCUT2D eigenvalue weighted by atomic mass is 10.4. The lowest BCUT2D eigenvalue weighted by molar-refractivity contribution is 0.0995. The second kappa shape index (κ2) is 2.30. The molecule has 2 aromatic rings. The van der Waals surface area contributed by atoms with Crippen LogP contribution in [0.1, 0.15) is 10.5 Å². The Bertz CT molecular complexity index is 434. The summed E-state index contributed by atoms with van der Waals surface area (Å²) in [6.45, 7) is 0. The van der Waals surface area contributed by atoms with E-state index in [0.29, 0.717) is 5.78 Å². The molecule has 0 aromatic carbocycles. The van der Waals surface area contributed by atoms with Crippen molar-refractivity contribution in [3.8, 4) is 0 Å². The molecule has 0 aliphatic heterocycles. The lowest BCUT2D eigenvalue weighted by Gasteiger charge is -1.94. The molecular weight excluding hydrogens is 156 g/mol. The fraction of sp³-hybridized carbons (Fsp3) is 0. The van der Waals surface area contributed by atoms with Crippen LogP contribution in [-0.2, 0) is 0 Å². The van der Waals surface area contributed by atoms with Crippen LogP contribution >= 0.6 is 0 Å². The Kier molecular flexibility index (Phi) is 1.30. The average Bonchev–Trinajstić information content (AvgIpc) is 2.49. The van der Waals surface area contributed by atoms with E-state index in [1.807, 2.05) is 0 Å². The molecule has 5 heteroatoms. The van der Waals surface area contributed by atoms with Crippen molar-refractivity contribution in [3.63, 3.8) is 0 Å². The highest BCUT2D eigenvalue weighted by atomic mass is 16.1. The van der Waals surface area contributed by atoms with Gasteiger partial charge in [0.05, 0.1) is 0 Å². The van der Waals surface area contributed by atoms with Crippen LogP contribution in [0, 0.1) is 0 Å². The summed E-state index contributed by atoms with van der Waals surface area (Å²) in [5.74, 6) is -0.0631. The molecule has 0 saturated heterocycles. The third kappa shape index (κ3) is 0.914. The first-order valence-electron chi connectivity index (χ1n) is 3.37. The number of hydrogen-bond acceptors (Lipinski definition) is 3. The van der Waals surface area contributed by atoms with Crippen molar-refractivity contribution in [2.45, 2.75) is 0 Å². The maximum absolute atomic E-state index is 10.7. The molecule has 0 atom stereocenters. The number of imidazole rings is 1. The summed E-state index contributed by atoms with van der Waals surface area (Å²) in [5.41, 5.74) is 5.27. The molecule has 1 amide bonds. The van der Waals surface area contributed by atoms with Crippen LogP contribution < -0.4 is 5.73 Å². The number of aromatic nitrogens is 3. The van der Waals surface area contributed by atoms with E-state index in [-0.39, 0.29) is 5.69 Å². The molecule has 0 radical (unpaired) electrons. The molecular formula is C7H6N4O. The zero-order valence-electron chi connectivity index (χ0n) is 6.14. The van der Waals surface area contributed by atoms with Gasteiger partial charge in [0.15, 0.2) is 0 Å². The second-order valence-corrected chi connectivity index (χ2v) is 2.31. The normalized spacial score (nSPS) is 10.3. The average molecular weight is 162 g/mol. The smallest absolute Gasteiger partial charge is 0.267 e. The number of primary amides is 1. The zero-order chi connectivity index (χ0) is 8.55. The third-order valence-corrected chi connectivity index (χ3v) is 1.51. The molecule has 2 heterocycles. The van der Waals surface area contributed by atoms with Gasteiger partial charge in [-0.05, 0) is 6.07 Å². The van der Waals surface area contributed by atoms with E-state index in [1.165, 1.54) is 0 Å². The van der Waals surface area contributed by atoms with Crippen LogP contribution in [0.3, 0.4) is 0 Å². The van der Waals surface area contributed by atoms with E-state index >= 15 is 0 Å². The fourth-order valence-corrected chi connectivity index (χ4v) is 0.941. The van der Waals surface area contributed by atoms with Gasteiger partial charge in [0.2, 0.25) is 5.78 Å². The molecule has 0 aliphatic carbocycles. The molecule has 0 fully saturated rings. The van der Waals surface area contributed by atoms with Crippen LogP contribution in [0.4, 0.5) is 0 Å². The maximum Gasteiger partial charge on any atom is 0.267 e. The Morgan fingerprint density at radius 2 is 2.33 bits per heavy atom. The van der Waals surface area contributed by atoms with Crippen LogP contribution in [-0.4, -0.2) is 20.3 Å². The van der Waals surface area contributed by atoms with Crippen molar-refractivity contribution in [2.24, 2.45) is 5.73 Å². The van der Waals surface area contributed by atoms with Gasteiger partial charge in [-0.25, -0.2) is 9.97 Å². The van der Waals surface area contributed by atoms with E-state index in [1.54, 1.807) is 29.1 Å². The number of fused-ring (bicyclic) bond motifs is 1. The van der Waals surface area contributed by atoms with Gasteiger partial charge in [-0.3, -0.25) is 9.20 Å². The molecule has 0 saturated carbocycles. The van der Waals surface area contributed by atoms with Crippen LogP contribution in [0.25, 0.3) is 5.78 Å².